The second kappa shape index (κ2) is 11.5. The highest BCUT2D eigenvalue weighted by atomic mass is 28.4. The molecule has 35 heavy (non-hydrogen) atoms. The molecule has 2 atom stereocenters. The van der Waals surface area contributed by atoms with Gasteiger partial charge in [-0.3, -0.25) is 10.2 Å². The topological polar surface area (TPSA) is 103 Å². The molecule has 11 heteroatoms. The molecule has 2 rings (SSSR count). The van der Waals surface area contributed by atoms with E-state index >= 15 is 0 Å². The van der Waals surface area contributed by atoms with E-state index in [0.29, 0.717) is 16.9 Å². The lowest BCUT2D eigenvalue weighted by atomic mass is 10.1. The van der Waals surface area contributed by atoms with Crippen LogP contribution in [0.4, 0.5) is 24.5 Å². The monoisotopic (exact) mass is 513 g/mol. The third-order valence-corrected chi connectivity index (χ3v) is 10.5. The van der Waals surface area contributed by atoms with Crippen LogP contribution in [0.5, 0.6) is 0 Å². The van der Waals surface area contributed by atoms with Crippen molar-refractivity contribution in [2.75, 3.05) is 11.9 Å². The summed E-state index contributed by atoms with van der Waals surface area (Å²) in [6.07, 6.45) is -6.57. The van der Waals surface area contributed by atoms with E-state index in [-0.39, 0.29) is 18.1 Å². The van der Waals surface area contributed by atoms with E-state index in [1.807, 2.05) is 33.9 Å². The van der Waals surface area contributed by atoms with Crippen LogP contribution >= 0.6 is 0 Å². The molecule has 0 saturated carbocycles. The second-order valence-electron chi connectivity index (χ2n) is 9.70. The molecule has 2 unspecified atom stereocenters. The molecule has 1 amide bonds. The van der Waals surface area contributed by atoms with Crippen LogP contribution in [0.25, 0.3) is 0 Å². The first-order chi connectivity index (χ1) is 16.2. The third kappa shape index (κ3) is 8.04. The number of hydrazine groups is 1. The summed E-state index contributed by atoms with van der Waals surface area (Å²) in [5, 5.41) is 22.9. The average molecular weight is 514 g/mol. The number of carbonyl (C=O) groups excluding carboxylic acids is 1. The van der Waals surface area contributed by atoms with Gasteiger partial charge in [-0.05, 0) is 48.5 Å². The van der Waals surface area contributed by atoms with Gasteiger partial charge in [0.1, 0.15) is 12.3 Å². The molecule has 5 N–H and O–H groups in total. The Bertz CT molecular complexity index is 979. The number of hydrogen-bond donors (Lipinski definition) is 5. The second-order valence-corrected chi connectivity index (χ2v) is 14.5. The number of halogens is 3. The fraction of sp³-hybridized carbons (Fsp3) is 0.458. The largest absolute Gasteiger partial charge is 0.416 e. The number of nitrogens with one attached hydrogen (secondary N) is 3. The van der Waals surface area contributed by atoms with E-state index in [1.165, 1.54) is 12.1 Å². The Morgan fingerprint density at radius 2 is 1.66 bits per heavy atom. The highest BCUT2D eigenvalue weighted by molar-refractivity contribution is 6.74. The van der Waals surface area contributed by atoms with E-state index in [0.717, 1.165) is 12.1 Å². The van der Waals surface area contributed by atoms with Gasteiger partial charge < -0.3 is 20.0 Å². The fourth-order valence-corrected chi connectivity index (χ4v) is 4.23. The van der Waals surface area contributed by atoms with Crippen LogP contribution in [0.1, 0.15) is 44.5 Å². The van der Waals surface area contributed by atoms with Crippen LogP contribution in [0.2, 0.25) is 18.1 Å². The van der Waals surface area contributed by atoms with Crippen molar-refractivity contribution in [1.29, 1.82) is 0 Å². The highest BCUT2D eigenvalue weighted by Crippen LogP contribution is 2.37. The highest BCUT2D eigenvalue weighted by Gasteiger charge is 2.40. The first-order valence-electron chi connectivity index (χ1n) is 11.2. The normalized spacial score (nSPS) is 14.3. The molecule has 0 aromatic heterocycles. The molecule has 0 saturated heterocycles. The predicted octanol–water partition coefficient (Wildman–Crippen LogP) is 4.83. The van der Waals surface area contributed by atoms with Gasteiger partial charge in [-0.2, -0.15) is 13.2 Å². The summed E-state index contributed by atoms with van der Waals surface area (Å²) in [6.45, 7) is 9.86. The first-order valence-corrected chi connectivity index (χ1v) is 14.1. The Balaban J connectivity index is 2.09. The molecule has 0 heterocycles. The van der Waals surface area contributed by atoms with Crippen LogP contribution in [0.15, 0.2) is 48.5 Å². The number of para-hydroxylation sites is 1. The molecule has 0 fully saturated rings. The molecular weight excluding hydrogens is 479 g/mol. The maximum Gasteiger partial charge on any atom is 0.416 e. The maximum absolute atomic E-state index is 12.8. The lowest BCUT2D eigenvalue weighted by molar-refractivity contribution is -0.137. The van der Waals surface area contributed by atoms with E-state index in [9.17, 15) is 28.2 Å². The Kier molecular flexibility index (Phi) is 9.48. The molecule has 2 aromatic carbocycles. The number of alkyl halides is 3. The predicted molar refractivity (Wildman–Crippen MR) is 131 cm³/mol. The van der Waals surface area contributed by atoms with Gasteiger partial charge >= 0.3 is 6.18 Å². The molecule has 194 valence electrons. The van der Waals surface area contributed by atoms with Crippen LogP contribution in [0, 0.1) is 0 Å². The van der Waals surface area contributed by atoms with E-state index in [2.05, 4.69) is 16.2 Å². The molecular formula is C24H34F3N3O4Si. The van der Waals surface area contributed by atoms with Crippen LogP contribution < -0.4 is 16.2 Å². The zero-order valence-corrected chi connectivity index (χ0v) is 21.5. The molecule has 0 aliphatic rings. The van der Waals surface area contributed by atoms with Gasteiger partial charge in [-0.25, -0.2) is 5.43 Å². The minimum atomic E-state index is -4.43. The number of amides is 1. The maximum atomic E-state index is 12.8. The van der Waals surface area contributed by atoms with Crippen molar-refractivity contribution in [3.05, 3.63) is 59.7 Å². The van der Waals surface area contributed by atoms with Gasteiger partial charge in [0.15, 0.2) is 8.32 Å². The van der Waals surface area contributed by atoms with Crippen molar-refractivity contribution in [3.8, 4) is 0 Å². The van der Waals surface area contributed by atoms with E-state index < -0.39 is 38.3 Å². The molecule has 2 aromatic rings. The smallest absolute Gasteiger partial charge is 0.405 e. The van der Waals surface area contributed by atoms with Gasteiger partial charge in [0.25, 0.3) is 5.91 Å². The molecule has 7 nitrogen and oxygen atoms in total. The number of rotatable bonds is 10. The number of aliphatic hydroxyl groups excluding tert-OH is 2. The Morgan fingerprint density at radius 3 is 2.20 bits per heavy atom. The summed E-state index contributed by atoms with van der Waals surface area (Å²) < 4.78 is 44.5. The van der Waals surface area contributed by atoms with Crippen LogP contribution in [-0.4, -0.2) is 37.1 Å². The molecule has 0 aliphatic heterocycles. The quantitative estimate of drug-likeness (QED) is 0.177. The minimum absolute atomic E-state index is 0.0994. The van der Waals surface area contributed by atoms with Crippen LogP contribution in [-0.2, 0) is 15.4 Å². The van der Waals surface area contributed by atoms with E-state index in [1.54, 1.807) is 24.3 Å². The van der Waals surface area contributed by atoms with Gasteiger partial charge in [0.2, 0.25) is 0 Å². The van der Waals surface area contributed by atoms with Gasteiger partial charge in [-0.1, -0.05) is 39.0 Å². The summed E-state index contributed by atoms with van der Waals surface area (Å²) in [5.74, 6) is -0.531. The summed E-state index contributed by atoms with van der Waals surface area (Å²) in [5.41, 5.74) is 5.41. The van der Waals surface area contributed by atoms with Crippen molar-refractivity contribution >= 4 is 25.6 Å². The van der Waals surface area contributed by atoms with Crippen molar-refractivity contribution in [3.63, 3.8) is 0 Å². The summed E-state index contributed by atoms with van der Waals surface area (Å²) in [4.78, 5) is 12.8. The molecule has 0 spiro atoms. The number of carbonyl (C=O) groups is 1. The Labute approximate surface area is 204 Å². The van der Waals surface area contributed by atoms with Crippen molar-refractivity contribution in [1.82, 2.24) is 10.9 Å². The lowest BCUT2D eigenvalue weighted by Crippen LogP contribution is -2.52. The van der Waals surface area contributed by atoms with Crippen molar-refractivity contribution in [2.45, 2.75) is 63.8 Å². The SMILES string of the molecule is CC(C)(C)[Si](C)(C)OC(CCO)C(=O)NNC(O)c1ccccc1Nc1ccc(C(F)(F)F)cc1. The third-order valence-electron chi connectivity index (χ3n) is 6.01. The number of aliphatic hydroxyl groups is 2. The zero-order valence-electron chi connectivity index (χ0n) is 20.5. The van der Waals surface area contributed by atoms with Gasteiger partial charge in [0.05, 0.1) is 5.56 Å². The van der Waals surface area contributed by atoms with Gasteiger partial charge in [-0.15, -0.1) is 0 Å². The molecule has 0 radical (unpaired) electrons. The Hall–Kier alpha value is -2.44. The standard InChI is InChI=1S/C24H34F3N3O4Si/c1-23(2,3)35(4,5)34-20(14-15-31)22(33)30-29-21(32)18-8-6-7-9-19(18)28-17-12-10-16(11-13-17)24(25,26)27/h6-13,20-21,28-29,31-32H,14-15H2,1-5H3,(H,30,33). The zero-order chi connectivity index (χ0) is 26.4. The Morgan fingerprint density at radius 1 is 1.06 bits per heavy atom. The number of benzene rings is 2. The van der Waals surface area contributed by atoms with Gasteiger partial charge in [0, 0.05) is 30.0 Å². The fourth-order valence-electron chi connectivity index (χ4n) is 2.94. The summed E-state index contributed by atoms with van der Waals surface area (Å²) in [6, 6.07) is 11.1. The van der Waals surface area contributed by atoms with Crippen molar-refractivity contribution < 1.29 is 32.6 Å². The summed E-state index contributed by atoms with van der Waals surface area (Å²) in [7, 11) is -2.30. The number of hydrogen-bond acceptors (Lipinski definition) is 6. The summed E-state index contributed by atoms with van der Waals surface area (Å²) >= 11 is 0. The average Bonchev–Trinajstić information content (AvgIpc) is 2.76. The number of anilines is 2. The molecule has 0 bridgehead atoms. The van der Waals surface area contributed by atoms with E-state index in [4.69, 9.17) is 4.43 Å². The lowest BCUT2D eigenvalue weighted by Gasteiger charge is -2.38. The van der Waals surface area contributed by atoms with Crippen LogP contribution in [0.3, 0.4) is 0 Å². The minimum Gasteiger partial charge on any atom is -0.405 e. The first kappa shape index (κ1) is 28.8. The molecule has 0 aliphatic carbocycles. The van der Waals surface area contributed by atoms with Crippen molar-refractivity contribution in [2.24, 2.45) is 0 Å².